The normalized spacial score (nSPS) is 11.1. The largest absolute Gasteiger partial charge is 0.494 e. The number of benzene rings is 2. The van der Waals surface area contributed by atoms with Crippen molar-refractivity contribution in [2.45, 2.75) is 18.7 Å². The molecule has 106 valence electrons. The first-order valence-electron chi connectivity index (χ1n) is 6.25. The molecular formula is C15H16O4S. The van der Waals surface area contributed by atoms with E-state index in [1.165, 1.54) is 12.1 Å². The molecule has 0 spiro atoms. The van der Waals surface area contributed by atoms with Crippen LogP contribution in [0.5, 0.6) is 11.5 Å². The van der Waals surface area contributed by atoms with E-state index in [-0.39, 0.29) is 10.6 Å². The highest BCUT2D eigenvalue weighted by Crippen LogP contribution is 2.23. The number of ether oxygens (including phenoxy) is 1. The molecule has 5 heteroatoms. The van der Waals surface area contributed by atoms with Gasteiger partial charge in [0.1, 0.15) is 16.4 Å². The summed E-state index contributed by atoms with van der Waals surface area (Å²) in [5.41, 5.74) is 0.988. The van der Waals surface area contributed by atoms with Crippen LogP contribution in [0.3, 0.4) is 0 Å². The number of hydrogen-bond acceptors (Lipinski definition) is 4. The Hall–Kier alpha value is -2.01. The maximum atomic E-state index is 12.1. The summed E-state index contributed by atoms with van der Waals surface area (Å²) in [6.07, 6.45) is 0. The minimum absolute atomic E-state index is 0.130. The van der Waals surface area contributed by atoms with Gasteiger partial charge in [-0.2, -0.15) is 8.42 Å². The third-order valence-corrected chi connectivity index (χ3v) is 3.89. The minimum atomic E-state index is -3.82. The highest BCUT2D eigenvalue weighted by molar-refractivity contribution is 7.87. The standard InChI is InChI=1S/C15H16O4S/c1-3-18-13-5-4-6-14(11-13)19-20(16,17)15-9-7-12(2)8-10-15/h4-11H,3H2,1-2H3. The maximum absolute atomic E-state index is 12.1. The first-order valence-corrected chi connectivity index (χ1v) is 7.66. The summed E-state index contributed by atoms with van der Waals surface area (Å²) < 4.78 is 34.7. The molecule has 0 unspecified atom stereocenters. The first-order chi connectivity index (χ1) is 9.51. The first kappa shape index (κ1) is 14.4. The Morgan fingerprint density at radius 1 is 1.00 bits per heavy atom. The van der Waals surface area contributed by atoms with Gasteiger partial charge in [-0.05, 0) is 38.1 Å². The molecule has 4 nitrogen and oxygen atoms in total. The summed E-state index contributed by atoms with van der Waals surface area (Å²) >= 11 is 0. The Labute approximate surface area is 119 Å². The molecule has 0 aromatic heterocycles. The second-order valence-electron chi connectivity index (χ2n) is 4.26. The Balaban J connectivity index is 2.24. The molecule has 0 aliphatic rings. The van der Waals surface area contributed by atoms with Gasteiger partial charge < -0.3 is 8.92 Å². The summed E-state index contributed by atoms with van der Waals surface area (Å²) in [5, 5.41) is 0. The van der Waals surface area contributed by atoms with E-state index < -0.39 is 10.1 Å². The van der Waals surface area contributed by atoms with Crippen LogP contribution in [0.15, 0.2) is 53.4 Å². The van der Waals surface area contributed by atoms with Crippen molar-refractivity contribution in [2.24, 2.45) is 0 Å². The van der Waals surface area contributed by atoms with Crippen LogP contribution in [0.25, 0.3) is 0 Å². The van der Waals surface area contributed by atoms with Crippen LogP contribution in [0.1, 0.15) is 12.5 Å². The average Bonchev–Trinajstić information content (AvgIpc) is 2.39. The second kappa shape index (κ2) is 5.96. The summed E-state index contributed by atoms with van der Waals surface area (Å²) in [4.78, 5) is 0.130. The van der Waals surface area contributed by atoms with Gasteiger partial charge in [-0.25, -0.2) is 0 Å². The van der Waals surface area contributed by atoms with Crippen LogP contribution >= 0.6 is 0 Å². The molecule has 0 N–H and O–H groups in total. The van der Waals surface area contributed by atoms with Gasteiger partial charge in [0, 0.05) is 6.07 Å². The highest BCUT2D eigenvalue weighted by atomic mass is 32.2. The van der Waals surface area contributed by atoms with Crippen LogP contribution in [0, 0.1) is 6.92 Å². The molecule has 0 bridgehead atoms. The lowest BCUT2D eigenvalue weighted by Gasteiger charge is -2.09. The van der Waals surface area contributed by atoms with E-state index in [0.29, 0.717) is 12.4 Å². The number of hydrogen-bond donors (Lipinski definition) is 0. The fourth-order valence-electron chi connectivity index (χ4n) is 1.66. The molecule has 0 heterocycles. The molecule has 20 heavy (non-hydrogen) atoms. The van der Waals surface area contributed by atoms with Crippen molar-refractivity contribution in [3.63, 3.8) is 0 Å². The molecule has 0 atom stereocenters. The predicted molar refractivity (Wildman–Crippen MR) is 76.6 cm³/mol. The van der Waals surface area contributed by atoms with E-state index in [4.69, 9.17) is 8.92 Å². The van der Waals surface area contributed by atoms with Crippen molar-refractivity contribution in [1.29, 1.82) is 0 Å². The van der Waals surface area contributed by atoms with Crippen LogP contribution in [-0.4, -0.2) is 15.0 Å². The van der Waals surface area contributed by atoms with Crippen molar-refractivity contribution in [3.05, 3.63) is 54.1 Å². The van der Waals surface area contributed by atoms with Crippen LogP contribution in [0.2, 0.25) is 0 Å². The lowest BCUT2D eigenvalue weighted by Crippen LogP contribution is -2.09. The Morgan fingerprint density at radius 3 is 2.30 bits per heavy atom. The van der Waals surface area contributed by atoms with Crippen LogP contribution < -0.4 is 8.92 Å². The molecule has 0 saturated heterocycles. The number of aryl methyl sites for hydroxylation is 1. The molecule has 0 radical (unpaired) electrons. The maximum Gasteiger partial charge on any atom is 0.339 e. The third kappa shape index (κ3) is 3.51. The van der Waals surface area contributed by atoms with Crippen molar-refractivity contribution >= 4 is 10.1 Å². The quantitative estimate of drug-likeness (QED) is 0.794. The summed E-state index contributed by atoms with van der Waals surface area (Å²) in [6.45, 7) is 4.26. The smallest absolute Gasteiger partial charge is 0.339 e. The average molecular weight is 292 g/mol. The van der Waals surface area contributed by atoms with Gasteiger partial charge in [-0.15, -0.1) is 0 Å². The van der Waals surface area contributed by atoms with E-state index in [0.717, 1.165) is 5.56 Å². The monoisotopic (exact) mass is 292 g/mol. The molecule has 0 amide bonds. The van der Waals surface area contributed by atoms with Gasteiger partial charge in [0.2, 0.25) is 0 Å². The van der Waals surface area contributed by atoms with E-state index >= 15 is 0 Å². The zero-order valence-electron chi connectivity index (χ0n) is 11.4. The van der Waals surface area contributed by atoms with Crippen molar-refractivity contribution in [3.8, 4) is 11.5 Å². The second-order valence-corrected chi connectivity index (χ2v) is 5.80. The van der Waals surface area contributed by atoms with Gasteiger partial charge in [-0.3, -0.25) is 0 Å². The molecular weight excluding hydrogens is 276 g/mol. The van der Waals surface area contributed by atoms with Gasteiger partial charge >= 0.3 is 10.1 Å². The summed E-state index contributed by atoms with van der Waals surface area (Å²) in [6, 6.07) is 13.1. The van der Waals surface area contributed by atoms with E-state index in [9.17, 15) is 8.42 Å². The van der Waals surface area contributed by atoms with Crippen molar-refractivity contribution in [2.75, 3.05) is 6.61 Å². The fraction of sp³-hybridized carbons (Fsp3) is 0.200. The van der Waals surface area contributed by atoms with Crippen LogP contribution in [-0.2, 0) is 10.1 Å². The molecule has 0 aliphatic carbocycles. The van der Waals surface area contributed by atoms with Gasteiger partial charge in [0.05, 0.1) is 6.61 Å². The van der Waals surface area contributed by atoms with E-state index in [1.54, 1.807) is 36.4 Å². The van der Waals surface area contributed by atoms with Crippen molar-refractivity contribution < 1.29 is 17.3 Å². The van der Waals surface area contributed by atoms with Gasteiger partial charge in [-0.1, -0.05) is 23.8 Å². The van der Waals surface area contributed by atoms with Gasteiger partial charge in [0.15, 0.2) is 0 Å². The molecule has 0 fully saturated rings. The Kier molecular flexibility index (Phi) is 4.29. The topological polar surface area (TPSA) is 52.6 Å². The molecule has 0 aliphatic heterocycles. The predicted octanol–water partition coefficient (Wildman–Crippen LogP) is 3.16. The van der Waals surface area contributed by atoms with Crippen molar-refractivity contribution in [1.82, 2.24) is 0 Å². The van der Waals surface area contributed by atoms with E-state index in [1.807, 2.05) is 13.8 Å². The van der Waals surface area contributed by atoms with E-state index in [2.05, 4.69) is 0 Å². The number of rotatable bonds is 5. The minimum Gasteiger partial charge on any atom is -0.494 e. The van der Waals surface area contributed by atoms with Crippen LogP contribution in [0.4, 0.5) is 0 Å². The lowest BCUT2D eigenvalue weighted by atomic mass is 10.2. The molecule has 0 saturated carbocycles. The lowest BCUT2D eigenvalue weighted by molar-refractivity contribution is 0.339. The summed E-state index contributed by atoms with van der Waals surface area (Å²) in [7, 11) is -3.82. The highest BCUT2D eigenvalue weighted by Gasteiger charge is 2.16. The molecule has 2 aromatic rings. The third-order valence-electron chi connectivity index (χ3n) is 2.63. The molecule has 2 rings (SSSR count). The SMILES string of the molecule is CCOc1cccc(OS(=O)(=O)c2ccc(C)cc2)c1. The summed E-state index contributed by atoms with van der Waals surface area (Å²) in [5.74, 6) is 0.806. The van der Waals surface area contributed by atoms with Gasteiger partial charge in [0.25, 0.3) is 0 Å². The fourth-order valence-corrected chi connectivity index (χ4v) is 2.58. The zero-order chi connectivity index (χ0) is 14.6. The Bertz CT molecular complexity index is 675. The molecule has 2 aromatic carbocycles. The Morgan fingerprint density at radius 2 is 1.65 bits per heavy atom. The zero-order valence-corrected chi connectivity index (χ0v) is 12.2.